The molecule has 0 aliphatic heterocycles. The van der Waals surface area contributed by atoms with Crippen molar-refractivity contribution in [3.05, 3.63) is 108 Å². The van der Waals surface area contributed by atoms with Gasteiger partial charge in [-0.2, -0.15) is 5.10 Å². The molecule has 218 valence electrons. The van der Waals surface area contributed by atoms with Crippen LogP contribution >= 0.6 is 11.6 Å². The van der Waals surface area contributed by atoms with Crippen molar-refractivity contribution in [3.8, 4) is 11.5 Å². The molecule has 0 saturated carbocycles. The number of nitrogens with one attached hydrogen (secondary N) is 2. The average molecular weight is 611 g/mol. The molecular formula is C29H27ClN4O7S. The first-order chi connectivity index (χ1) is 20.2. The highest BCUT2D eigenvalue weighted by Gasteiger charge is 2.27. The molecule has 2 N–H and O–H groups in total. The van der Waals surface area contributed by atoms with Crippen molar-refractivity contribution >= 4 is 45.3 Å². The third-order valence-corrected chi connectivity index (χ3v) is 7.75. The highest BCUT2D eigenvalue weighted by atomic mass is 35.5. The summed E-state index contributed by atoms with van der Waals surface area (Å²) in [6.45, 7) is -0.464. The maximum Gasteiger partial charge on any atom is 0.264 e. The molecule has 42 heavy (non-hydrogen) atoms. The number of benzene rings is 3. The number of hydrogen-bond donors (Lipinski definition) is 2. The van der Waals surface area contributed by atoms with Gasteiger partial charge in [-0.05, 0) is 84.4 Å². The van der Waals surface area contributed by atoms with E-state index in [4.69, 9.17) is 25.5 Å². The van der Waals surface area contributed by atoms with Gasteiger partial charge in [-0.25, -0.2) is 13.8 Å². The molecule has 2 amide bonds. The van der Waals surface area contributed by atoms with Gasteiger partial charge in [-0.3, -0.25) is 13.9 Å². The van der Waals surface area contributed by atoms with Crippen molar-refractivity contribution < 1.29 is 31.9 Å². The zero-order valence-electron chi connectivity index (χ0n) is 22.4. The van der Waals surface area contributed by atoms with Gasteiger partial charge in [0.15, 0.2) is 6.61 Å². The van der Waals surface area contributed by atoms with Gasteiger partial charge in [-0.15, -0.1) is 0 Å². The molecule has 0 spiro atoms. The first-order valence-electron chi connectivity index (χ1n) is 12.5. The van der Waals surface area contributed by atoms with Gasteiger partial charge < -0.3 is 19.2 Å². The smallest absolute Gasteiger partial charge is 0.264 e. The minimum Gasteiger partial charge on any atom is -0.497 e. The summed E-state index contributed by atoms with van der Waals surface area (Å²) in [7, 11) is -2.67. The van der Waals surface area contributed by atoms with Crippen LogP contribution in [-0.4, -0.2) is 46.7 Å². The summed E-state index contributed by atoms with van der Waals surface area (Å²) in [5.74, 6) is 0.603. The fraction of sp³-hybridized carbons (Fsp3) is 0.138. The zero-order chi connectivity index (χ0) is 30.0. The molecule has 0 unspecified atom stereocenters. The van der Waals surface area contributed by atoms with E-state index in [2.05, 4.69) is 15.8 Å². The molecule has 0 atom stereocenters. The lowest BCUT2D eigenvalue weighted by molar-refractivity contribution is -0.123. The SMILES string of the molecule is COc1ccc(S(=O)(=O)N(CC(=O)N/N=C\c2ccc(OCC(=O)NCc3ccco3)cc2)c2cccc(Cl)c2)cc1. The van der Waals surface area contributed by atoms with Crippen molar-refractivity contribution in [3.63, 3.8) is 0 Å². The topological polar surface area (TPSA) is 140 Å². The van der Waals surface area contributed by atoms with E-state index in [0.717, 1.165) is 4.31 Å². The second-order valence-corrected chi connectivity index (χ2v) is 11.0. The standard InChI is InChI=1S/C29H27ClN4O7S/c1-39-24-11-13-27(14-12-24)42(37,38)34(23-5-2-4-22(30)16-23)19-28(35)33-32-17-21-7-9-25(10-8-21)41-20-29(36)31-18-26-6-3-15-40-26/h2-17H,18-20H2,1H3,(H,31,36)(H,33,35)/b32-17-. The summed E-state index contributed by atoms with van der Waals surface area (Å²) in [4.78, 5) is 24.7. The molecule has 1 heterocycles. The van der Waals surface area contributed by atoms with E-state index in [1.54, 1.807) is 48.5 Å². The lowest BCUT2D eigenvalue weighted by atomic mass is 10.2. The number of furan rings is 1. The fourth-order valence-electron chi connectivity index (χ4n) is 3.61. The summed E-state index contributed by atoms with van der Waals surface area (Å²) in [5, 5.41) is 6.92. The third-order valence-electron chi connectivity index (χ3n) is 5.72. The molecule has 0 fully saturated rings. The maximum absolute atomic E-state index is 13.5. The Morgan fingerprint density at radius 3 is 2.38 bits per heavy atom. The molecule has 11 nitrogen and oxygen atoms in total. The number of amides is 2. The van der Waals surface area contributed by atoms with Gasteiger partial charge in [0, 0.05) is 5.02 Å². The molecule has 13 heteroatoms. The Morgan fingerprint density at radius 2 is 1.71 bits per heavy atom. The minimum atomic E-state index is -4.14. The van der Waals surface area contributed by atoms with Gasteiger partial charge in [0.1, 0.15) is 23.8 Å². The number of hydrazone groups is 1. The number of methoxy groups -OCH3 is 1. The highest BCUT2D eigenvalue weighted by Crippen LogP contribution is 2.27. The number of carbonyl (C=O) groups excluding carboxylic acids is 2. The van der Waals surface area contributed by atoms with Gasteiger partial charge in [0.2, 0.25) is 0 Å². The predicted molar refractivity (Wildman–Crippen MR) is 157 cm³/mol. The Labute approximate surface area is 247 Å². The summed E-state index contributed by atoms with van der Waals surface area (Å²) >= 11 is 6.10. The Kier molecular flexibility index (Phi) is 10.2. The van der Waals surface area contributed by atoms with Crippen LogP contribution in [0, 0.1) is 0 Å². The molecule has 0 saturated heterocycles. The average Bonchev–Trinajstić information content (AvgIpc) is 3.52. The van der Waals surface area contributed by atoms with Crippen LogP contribution in [0.15, 0.2) is 106 Å². The predicted octanol–water partition coefficient (Wildman–Crippen LogP) is 3.98. The number of halogens is 1. The molecule has 4 aromatic rings. The Morgan fingerprint density at radius 1 is 0.976 bits per heavy atom. The van der Waals surface area contributed by atoms with Gasteiger partial charge in [0.05, 0.1) is 36.7 Å². The van der Waals surface area contributed by atoms with Crippen LogP contribution in [-0.2, 0) is 26.2 Å². The van der Waals surface area contributed by atoms with E-state index in [0.29, 0.717) is 27.8 Å². The van der Waals surface area contributed by atoms with E-state index in [-0.39, 0.29) is 29.6 Å². The highest BCUT2D eigenvalue weighted by molar-refractivity contribution is 7.92. The van der Waals surface area contributed by atoms with Crippen LogP contribution in [0.25, 0.3) is 0 Å². The van der Waals surface area contributed by atoms with Gasteiger partial charge in [0.25, 0.3) is 21.8 Å². The van der Waals surface area contributed by atoms with E-state index < -0.39 is 22.5 Å². The van der Waals surface area contributed by atoms with Crippen molar-refractivity contribution in [1.82, 2.24) is 10.7 Å². The van der Waals surface area contributed by atoms with E-state index in [1.165, 1.54) is 56.0 Å². The molecule has 0 bridgehead atoms. The number of carbonyl (C=O) groups is 2. The quantitative estimate of drug-likeness (QED) is 0.172. The molecule has 0 radical (unpaired) electrons. The van der Waals surface area contributed by atoms with Crippen LogP contribution in [0.3, 0.4) is 0 Å². The number of ether oxygens (including phenoxy) is 2. The van der Waals surface area contributed by atoms with Crippen molar-refractivity contribution in [2.45, 2.75) is 11.4 Å². The Hall–Kier alpha value is -4.81. The molecule has 0 aliphatic carbocycles. The van der Waals surface area contributed by atoms with Crippen LogP contribution in [0.5, 0.6) is 11.5 Å². The largest absolute Gasteiger partial charge is 0.497 e. The van der Waals surface area contributed by atoms with Crippen LogP contribution in [0.4, 0.5) is 5.69 Å². The lowest BCUT2D eigenvalue weighted by Crippen LogP contribution is -2.39. The molecule has 0 aliphatic rings. The second-order valence-electron chi connectivity index (χ2n) is 8.67. The van der Waals surface area contributed by atoms with Crippen molar-refractivity contribution in [1.29, 1.82) is 0 Å². The summed E-state index contributed by atoms with van der Waals surface area (Å²) < 4.78 is 43.6. The minimum absolute atomic E-state index is 0.0307. The Balaban J connectivity index is 1.34. The van der Waals surface area contributed by atoms with E-state index in [9.17, 15) is 18.0 Å². The summed E-state index contributed by atoms with van der Waals surface area (Å²) in [5.41, 5.74) is 3.19. The van der Waals surface area contributed by atoms with Crippen molar-refractivity contribution in [2.24, 2.45) is 5.10 Å². The van der Waals surface area contributed by atoms with Crippen LogP contribution < -0.4 is 24.5 Å². The number of nitrogens with zero attached hydrogens (tertiary/aromatic N) is 2. The monoisotopic (exact) mass is 610 g/mol. The van der Waals surface area contributed by atoms with Gasteiger partial charge in [-0.1, -0.05) is 17.7 Å². The molecular weight excluding hydrogens is 584 g/mol. The number of sulfonamides is 1. The molecule has 4 rings (SSSR count). The lowest BCUT2D eigenvalue weighted by Gasteiger charge is -2.24. The first-order valence-corrected chi connectivity index (χ1v) is 14.3. The van der Waals surface area contributed by atoms with E-state index >= 15 is 0 Å². The second kappa shape index (κ2) is 14.2. The summed E-state index contributed by atoms with van der Waals surface area (Å²) in [6, 6.07) is 22.1. The Bertz CT molecular complexity index is 1630. The number of hydrogen-bond acceptors (Lipinski definition) is 8. The number of rotatable bonds is 13. The fourth-order valence-corrected chi connectivity index (χ4v) is 5.21. The van der Waals surface area contributed by atoms with Crippen LogP contribution in [0.1, 0.15) is 11.3 Å². The summed E-state index contributed by atoms with van der Waals surface area (Å²) in [6.07, 6.45) is 2.91. The zero-order valence-corrected chi connectivity index (χ0v) is 24.0. The third kappa shape index (κ3) is 8.35. The molecule has 1 aromatic heterocycles. The van der Waals surface area contributed by atoms with Gasteiger partial charge >= 0.3 is 0 Å². The first kappa shape index (κ1) is 30.2. The molecule has 3 aromatic carbocycles. The number of anilines is 1. The van der Waals surface area contributed by atoms with Crippen LogP contribution in [0.2, 0.25) is 5.02 Å². The van der Waals surface area contributed by atoms with E-state index in [1.807, 2.05) is 0 Å². The maximum atomic E-state index is 13.5. The van der Waals surface area contributed by atoms with Crippen molar-refractivity contribution in [2.75, 3.05) is 24.6 Å². The normalized spacial score (nSPS) is 11.2.